The molecule has 0 bridgehead atoms. The first-order valence-corrected chi connectivity index (χ1v) is 9.10. The van der Waals surface area contributed by atoms with Crippen LogP contribution >= 0.6 is 0 Å². The Labute approximate surface area is 154 Å². The van der Waals surface area contributed by atoms with Crippen LogP contribution in [0.3, 0.4) is 0 Å². The molecule has 2 aromatic rings. The summed E-state index contributed by atoms with van der Waals surface area (Å²) in [7, 11) is 2.11. The normalized spacial score (nSPS) is 15.5. The highest BCUT2D eigenvalue weighted by Crippen LogP contribution is 2.21. The van der Waals surface area contributed by atoms with Gasteiger partial charge in [0, 0.05) is 17.9 Å². The lowest BCUT2D eigenvalue weighted by Gasteiger charge is -2.29. The Hall–Kier alpha value is -2.60. The topological polar surface area (TPSA) is 66.5 Å². The number of rotatable bonds is 6. The Bertz CT molecular complexity index is 725. The summed E-state index contributed by atoms with van der Waals surface area (Å²) in [4.78, 5) is 19.4. The number of nitrogens with zero attached hydrogens (tertiary/aromatic N) is 2. The Morgan fingerprint density at radius 2 is 1.96 bits per heavy atom. The van der Waals surface area contributed by atoms with E-state index in [1.54, 1.807) is 18.3 Å². The van der Waals surface area contributed by atoms with Crippen molar-refractivity contribution in [2.24, 2.45) is 0 Å². The SMILES string of the molecule is CCOc1ccc(Nc2ncccc2C(=O)NC2CCN(C)CC2)cc1. The summed E-state index contributed by atoms with van der Waals surface area (Å²) in [6.45, 7) is 4.61. The number of carbonyl (C=O) groups excluding carboxylic acids is 1. The van der Waals surface area contributed by atoms with Crippen molar-refractivity contribution in [3.8, 4) is 5.75 Å². The van der Waals surface area contributed by atoms with Crippen molar-refractivity contribution in [3.05, 3.63) is 48.2 Å². The van der Waals surface area contributed by atoms with Crippen molar-refractivity contribution in [2.75, 3.05) is 32.1 Å². The highest BCUT2D eigenvalue weighted by molar-refractivity contribution is 5.99. The molecule has 0 unspecified atom stereocenters. The number of carbonyl (C=O) groups is 1. The Morgan fingerprint density at radius 1 is 1.23 bits per heavy atom. The number of amides is 1. The fourth-order valence-electron chi connectivity index (χ4n) is 3.04. The lowest BCUT2D eigenvalue weighted by atomic mass is 10.0. The van der Waals surface area contributed by atoms with E-state index in [4.69, 9.17) is 4.74 Å². The van der Waals surface area contributed by atoms with Crippen molar-refractivity contribution in [1.82, 2.24) is 15.2 Å². The maximum absolute atomic E-state index is 12.7. The molecule has 1 aliphatic rings. The maximum Gasteiger partial charge on any atom is 0.255 e. The quantitative estimate of drug-likeness (QED) is 0.835. The zero-order chi connectivity index (χ0) is 18.4. The lowest BCUT2D eigenvalue weighted by Crippen LogP contribution is -2.43. The average Bonchev–Trinajstić information content (AvgIpc) is 2.66. The molecule has 1 aliphatic heterocycles. The van der Waals surface area contributed by atoms with Crippen LogP contribution in [0, 0.1) is 0 Å². The van der Waals surface area contributed by atoms with Gasteiger partial charge in [0.25, 0.3) is 5.91 Å². The number of piperidine rings is 1. The summed E-state index contributed by atoms with van der Waals surface area (Å²) < 4.78 is 5.45. The van der Waals surface area contributed by atoms with E-state index in [1.165, 1.54) is 0 Å². The number of ether oxygens (including phenoxy) is 1. The number of pyridine rings is 1. The van der Waals surface area contributed by atoms with Crippen LogP contribution in [0.5, 0.6) is 5.75 Å². The van der Waals surface area contributed by atoms with Gasteiger partial charge >= 0.3 is 0 Å². The average molecular weight is 354 g/mol. The van der Waals surface area contributed by atoms with E-state index in [2.05, 4.69) is 27.6 Å². The van der Waals surface area contributed by atoms with Gasteiger partial charge in [-0.05, 0) is 76.3 Å². The van der Waals surface area contributed by atoms with Gasteiger partial charge in [-0.3, -0.25) is 4.79 Å². The first-order chi connectivity index (χ1) is 12.7. The first kappa shape index (κ1) is 18.2. The minimum atomic E-state index is -0.0823. The van der Waals surface area contributed by atoms with Crippen LogP contribution in [0.25, 0.3) is 0 Å². The predicted molar refractivity (Wildman–Crippen MR) is 103 cm³/mol. The van der Waals surface area contributed by atoms with Gasteiger partial charge in [0.05, 0.1) is 12.2 Å². The van der Waals surface area contributed by atoms with E-state index >= 15 is 0 Å². The van der Waals surface area contributed by atoms with Gasteiger partial charge in [-0.2, -0.15) is 0 Å². The molecular weight excluding hydrogens is 328 g/mol. The van der Waals surface area contributed by atoms with Crippen LogP contribution in [0.2, 0.25) is 0 Å². The number of benzene rings is 1. The highest BCUT2D eigenvalue weighted by atomic mass is 16.5. The second kappa shape index (κ2) is 8.67. The molecule has 2 heterocycles. The van der Waals surface area contributed by atoms with Crippen molar-refractivity contribution in [3.63, 3.8) is 0 Å². The molecule has 1 aromatic carbocycles. The third kappa shape index (κ3) is 4.73. The zero-order valence-electron chi connectivity index (χ0n) is 15.4. The van der Waals surface area contributed by atoms with Crippen LogP contribution in [0.15, 0.2) is 42.6 Å². The van der Waals surface area contributed by atoms with Crippen molar-refractivity contribution in [2.45, 2.75) is 25.8 Å². The van der Waals surface area contributed by atoms with E-state index in [0.29, 0.717) is 18.0 Å². The van der Waals surface area contributed by atoms with E-state index < -0.39 is 0 Å². The van der Waals surface area contributed by atoms with Crippen molar-refractivity contribution in [1.29, 1.82) is 0 Å². The second-order valence-corrected chi connectivity index (χ2v) is 6.53. The molecule has 1 saturated heterocycles. The van der Waals surface area contributed by atoms with Crippen molar-refractivity contribution >= 4 is 17.4 Å². The fraction of sp³-hybridized carbons (Fsp3) is 0.400. The summed E-state index contributed by atoms with van der Waals surface area (Å²) in [6.07, 6.45) is 3.64. The molecule has 1 aromatic heterocycles. The molecule has 0 spiro atoms. The van der Waals surface area contributed by atoms with Gasteiger partial charge in [-0.25, -0.2) is 4.98 Å². The van der Waals surface area contributed by atoms with Gasteiger partial charge < -0.3 is 20.3 Å². The van der Waals surface area contributed by atoms with Gasteiger partial charge in [-0.1, -0.05) is 0 Å². The summed E-state index contributed by atoms with van der Waals surface area (Å²) in [6, 6.07) is 11.4. The molecular formula is C20H26N4O2. The molecule has 26 heavy (non-hydrogen) atoms. The number of hydrogen-bond acceptors (Lipinski definition) is 5. The van der Waals surface area contributed by atoms with E-state index in [0.717, 1.165) is 37.4 Å². The van der Waals surface area contributed by atoms with Crippen LogP contribution < -0.4 is 15.4 Å². The summed E-state index contributed by atoms with van der Waals surface area (Å²) in [5.41, 5.74) is 1.42. The number of nitrogens with one attached hydrogen (secondary N) is 2. The second-order valence-electron chi connectivity index (χ2n) is 6.53. The fourth-order valence-corrected chi connectivity index (χ4v) is 3.04. The maximum atomic E-state index is 12.7. The summed E-state index contributed by atoms with van der Waals surface area (Å²) in [5, 5.41) is 6.37. The smallest absolute Gasteiger partial charge is 0.255 e. The van der Waals surface area contributed by atoms with E-state index in [-0.39, 0.29) is 11.9 Å². The van der Waals surface area contributed by atoms with Crippen LogP contribution in [-0.4, -0.2) is 48.6 Å². The minimum Gasteiger partial charge on any atom is -0.494 e. The third-order valence-corrected chi connectivity index (χ3v) is 4.53. The van der Waals surface area contributed by atoms with E-state index in [1.807, 2.05) is 31.2 Å². The monoisotopic (exact) mass is 354 g/mol. The molecule has 0 saturated carbocycles. The van der Waals surface area contributed by atoms with Gasteiger partial charge in [-0.15, -0.1) is 0 Å². The molecule has 6 nitrogen and oxygen atoms in total. The Kier molecular flexibility index (Phi) is 6.07. The standard InChI is InChI=1S/C20H26N4O2/c1-3-26-17-8-6-15(7-9-17)22-19-18(5-4-12-21-19)20(25)23-16-10-13-24(2)14-11-16/h4-9,12,16H,3,10-11,13-14H2,1-2H3,(H,21,22)(H,23,25). The predicted octanol–water partition coefficient (Wildman–Crippen LogP) is 3.05. The zero-order valence-corrected chi connectivity index (χ0v) is 15.4. The molecule has 6 heteroatoms. The van der Waals surface area contributed by atoms with Crippen LogP contribution in [0.4, 0.5) is 11.5 Å². The molecule has 1 fully saturated rings. The molecule has 0 atom stereocenters. The molecule has 138 valence electrons. The molecule has 0 aliphatic carbocycles. The number of likely N-dealkylation sites (tertiary alicyclic amines) is 1. The molecule has 0 radical (unpaired) electrons. The first-order valence-electron chi connectivity index (χ1n) is 9.10. The van der Waals surface area contributed by atoms with Crippen LogP contribution in [0.1, 0.15) is 30.1 Å². The van der Waals surface area contributed by atoms with Crippen molar-refractivity contribution < 1.29 is 9.53 Å². The highest BCUT2D eigenvalue weighted by Gasteiger charge is 2.20. The third-order valence-electron chi connectivity index (χ3n) is 4.53. The number of anilines is 2. The largest absolute Gasteiger partial charge is 0.494 e. The van der Waals surface area contributed by atoms with Gasteiger partial charge in [0.2, 0.25) is 0 Å². The van der Waals surface area contributed by atoms with Gasteiger partial charge in [0.1, 0.15) is 11.6 Å². The molecule has 1 amide bonds. The van der Waals surface area contributed by atoms with Gasteiger partial charge in [0.15, 0.2) is 0 Å². The number of aromatic nitrogens is 1. The van der Waals surface area contributed by atoms with Crippen LogP contribution in [-0.2, 0) is 0 Å². The summed E-state index contributed by atoms with van der Waals surface area (Å²) >= 11 is 0. The van der Waals surface area contributed by atoms with E-state index in [9.17, 15) is 4.79 Å². The Morgan fingerprint density at radius 3 is 2.65 bits per heavy atom. The minimum absolute atomic E-state index is 0.0823. The number of hydrogen-bond donors (Lipinski definition) is 2. The Balaban J connectivity index is 1.68. The summed E-state index contributed by atoms with van der Waals surface area (Å²) in [5.74, 6) is 1.29. The lowest BCUT2D eigenvalue weighted by molar-refractivity contribution is 0.0917. The molecule has 3 rings (SSSR count). The molecule has 2 N–H and O–H groups in total.